The third-order valence-electron chi connectivity index (χ3n) is 7.72. The van der Waals surface area contributed by atoms with Gasteiger partial charge in [-0.1, -0.05) is 18.2 Å². The van der Waals surface area contributed by atoms with Crippen molar-refractivity contribution in [2.45, 2.75) is 45.7 Å². The molecule has 0 aliphatic carbocycles. The van der Waals surface area contributed by atoms with Crippen LogP contribution in [-0.4, -0.2) is 85.7 Å². The number of H-pyrrole nitrogens is 1. The largest absolute Gasteiger partial charge is 0.477 e. The molecule has 10 heteroatoms. The summed E-state index contributed by atoms with van der Waals surface area (Å²) in [6.45, 7) is 9.29. The molecule has 0 unspecified atom stereocenters. The number of ether oxygens (including phenoxy) is 1. The summed E-state index contributed by atoms with van der Waals surface area (Å²) in [4.78, 5) is 30.0. The summed E-state index contributed by atoms with van der Waals surface area (Å²) in [5.74, 6) is 0.662. The molecule has 0 saturated carbocycles. The smallest absolute Gasteiger partial charge is 0.236 e. The minimum absolute atomic E-state index is 0.165. The standard InChI is InChI=1S/C29H36FN7O2/c1-6-39-29-21(17-36(5)34-29)13-26-31-15-24(30)28(33-26)23-14-32-27-20(8-7-9-22(23)27)12-25(38)19(3)37-11-10-35(4)18(2)16-37/h7-9,14-15,17-19,32H,6,10-13,16H2,1-5H3/t18-,19-/m0/s1. The van der Waals surface area contributed by atoms with Gasteiger partial charge in [0.1, 0.15) is 11.5 Å². The van der Waals surface area contributed by atoms with E-state index in [0.29, 0.717) is 42.8 Å². The number of benzene rings is 1. The van der Waals surface area contributed by atoms with Crippen LogP contribution < -0.4 is 4.74 Å². The fourth-order valence-electron chi connectivity index (χ4n) is 5.27. The molecule has 2 atom stereocenters. The van der Waals surface area contributed by atoms with Gasteiger partial charge in [-0.25, -0.2) is 14.4 Å². The summed E-state index contributed by atoms with van der Waals surface area (Å²) in [5, 5.41) is 5.16. The van der Waals surface area contributed by atoms with Crippen molar-refractivity contribution in [3.8, 4) is 17.1 Å². The first kappa shape index (κ1) is 27.0. The Morgan fingerprint density at radius 3 is 2.85 bits per heavy atom. The molecule has 0 amide bonds. The van der Waals surface area contributed by atoms with Gasteiger partial charge in [0.2, 0.25) is 5.88 Å². The average Bonchev–Trinajstić information content (AvgIpc) is 3.50. The zero-order valence-corrected chi connectivity index (χ0v) is 23.2. The molecule has 206 valence electrons. The number of carbonyl (C=O) groups excluding carboxylic acids is 1. The maximum atomic E-state index is 15.0. The lowest BCUT2D eigenvalue weighted by atomic mass is 9.99. The third kappa shape index (κ3) is 5.58. The van der Waals surface area contributed by atoms with E-state index in [9.17, 15) is 4.79 Å². The molecule has 5 rings (SSSR count). The van der Waals surface area contributed by atoms with E-state index in [1.54, 1.807) is 10.9 Å². The molecule has 9 nitrogen and oxygen atoms in total. The Hall–Kier alpha value is -3.63. The van der Waals surface area contributed by atoms with Crippen molar-refractivity contribution in [2.75, 3.05) is 33.3 Å². The molecule has 0 spiro atoms. The lowest BCUT2D eigenvalue weighted by molar-refractivity contribution is -0.124. The Balaban J connectivity index is 1.39. The predicted octanol–water partition coefficient (Wildman–Crippen LogP) is 3.62. The number of piperazine rings is 1. The molecule has 0 radical (unpaired) electrons. The van der Waals surface area contributed by atoms with E-state index in [1.165, 1.54) is 6.20 Å². The van der Waals surface area contributed by atoms with Gasteiger partial charge in [0.25, 0.3) is 0 Å². The van der Waals surface area contributed by atoms with E-state index in [4.69, 9.17) is 4.74 Å². The van der Waals surface area contributed by atoms with Gasteiger partial charge in [0, 0.05) is 80.0 Å². The number of Topliss-reactive ketones (excluding diaryl/α,β-unsaturated/α-hetero) is 1. The number of aryl methyl sites for hydroxylation is 1. The molecule has 4 heterocycles. The van der Waals surface area contributed by atoms with Crippen molar-refractivity contribution in [1.82, 2.24) is 34.5 Å². The Labute approximate surface area is 228 Å². The van der Waals surface area contributed by atoms with Crippen LogP contribution in [0.25, 0.3) is 22.2 Å². The first-order valence-electron chi connectivity index (χ1n) is 13.5. The molecule has 1 aliphatic heterocycles. The van der Waals surface area contributed by atoms with Crippen LogP contribution in [-0.2, 0) is 24.7 Å². The Morgan fingerprint density at radius 1 is 1.26 bits per heavy atom. The quantitative estimate of drug-likeness (QED) is 0.351. The number of aromatic nitrogens is 5. The van der Waals surface area contributed by atoms with Crippen LogP contribution in [0.1, 0.15) is 37.7 Å². The molecular formula is C29H36FN7O2. The van der Waals surface area contributed by atoms with Crippen molar-refractivity contribution >= 4 is 16.7 Å². The monoisotopic (exact) mass is 533 g/mol. The second kappa shape index (κ2) is 11.2. The van der Waals surface area contributed by atoms with Crippen LogP contribution in [0, 0.1) is 5.82 Å². The van der Waals surface area contributed by atoms with Crippen LogP contribution in [0.2, 0.25) is 0 Å². The van der Waals surface area contributed by atoms with E-state index in [-0.39, 0.29) is 17.5 Å². The normalized spacial score (nSPS) is 17.5. The van der Waals surface area contributed by atoms with Gasteiger partial charge in [0.15, 0.2) is 11.6 Å². The Kier molecular flexibility index (Phi) is 7.76. The van der Waals surface area contributed by atoms with Crippen LogP contribution in [0.15, 0.2) is 36.8 Å². The van der Waals surface area contributed by atoms with Gasteiger partial charge in [-0.05, 0) is 33.4 Å². The van der Waals surface area contributed by atoms with Crippen LogP contribution in [0.5, 0.6) is 5.88 Å². The Bertz CT molecular complexity index is 1480. The molecule has 1 fully saturated rings. The average molecular weight is 534 g/mol. The van der Waals surface area contributed by atoms with Crippen LogP contribution >= 0.6 is 0 Å². The first-order chi connectivity index (χ1) is 18.7. The van der Waals surface area contributed by atoms with E-state index >= 15 is 4.39 Å². The van der Waals surface area contributed by atoms with Gasteiger partial charge >= 0.3 is 0 Å². The number of halogens is 1. The van der Waals surface area contributed by atoms with Crippen molar-refractivity contribution in [3.05, 3.63) is 59.6 Å². The molecule has 1 saturated heterocycles. The maximum absolute atomic E-state index is 15.0. The number of ketones is 1. The Morgan fingerprint density at radius 2 is 2.08 bits per heavy atom. The number of para-hydroxylation sites is 1. The molecule has 4 aromatic rings. The summed E-state index contributed by atoms with van der Waals surface area (Å²) in [5.41, 5.74) is 3.41. The SMILES string of the molecule is CCOc1nn(C)cc1Cc1ncc(F)c(-c2c[nH]c3c(CC(=O)[C@H](C)N4CCN(C)[C@@H](C)C4)cccc23)n1. The fourth-order valence-corrected chi connectivity index (χ4v) is 5.27. The molecule has 1 aromatic carbocycles. The van der Waals surface area contributed by atoms with Crippen molar-refractivity contribution in [1.29, 1.82) is 0 Å². The summed E-state index contributed by atoms with van der Waals surface area (Å²) < 4.78 is 22.3. The van der Waals surface area contributed by atoms with E-state index in [1.807, 2.05) is 45.3 Å². The first-order valence-corrected chi connectivity index (χ1v) is 13.5. The topological polar surface area (TPSA) is 92.2 Å². The second-order valence-corrected chi connectivity index (χ2v) is 10.4. The third-order valence-corrected chi connectivity index (χ3v) is 7.72. The van der Waals surface area contributed by atoms with Gasteiger partial charge < -0.3 is 14.6 Å². The van der Waals surface area contributed by atoms with Gasteiger partial charge in [-0.2, -0.15) is 0 Å². The fraction of sp³-hybridized carbons (Fsp3) is 0.448. The number of fused-ring (bicyclic) bond motifs is 1. The minimum Gasteiger partial charge on any atom is -0.477 e. The minimum atomic E-state index is -0.504. The van der Waals surface area contributed by atoms with Crippen LogP contribution in [0.4, 0.5) is 4.39 Å². The lowest BCUT2D eigenvalue weighted by Crippen LogP contribution is -2.54. The zero-order chi connectivity index (χ0) is 27.7. The zero-order valence-electron chi connectivity index (χ0n) is 23.2. The number of hydrogen-bond donors (Lipinski definition) is 1. The molecular weight excluding hydrogens is 497 g/mol. The highest BCUT2D eigenvalue weighted by Gasteiger charge is 2.28. The maximum Gasteiger partial charge on any atom is 0.236 e. The van der Waals surface area contributed by atoms with Crippen molar-refractivity contribution in [3.63, 3.8) is 0 Å². The summed E-state index contributed by atoms with van der Waals surface area (Å²) >= 11 is 0. The van der Waals surface area contributed by atoms with E-state index in [2.05, 4.69) is 43.8 Å². The molecule has 1 aliphatic rings. The van der Waals surface area contributed by atoms with Gasteiger partial charge in [-0.15, -0.1) is 5.10 Å². The van der Waals surface area contributed by atoms with E-state index in [0.717, 1.165) is 41.7 Å². The molecule has 1 N–H and O–H groups in total. The highest BCUT2D eigenvalue weighted by Crippen LogP contribution is 2.31. The highest BCUT2D eigenvalue weighted by atomic mass is 19.1. The number of rotatable bonds is 9. The summed E-state index contributed by atoms with van der Waals surface area (Å²) in [6.07, 6.45) is 5.49. The molecule has 3 aromatic heterocycles. The number of carbonyl (C=O) groups is 1. The number of likely N-dealkylation sites (N-methyl/N-ethyl adjacent to an activating group) is 1. The van der Waals surface area contributed by atoms with Gasteiger partial charge in [0.05, 0.1) is 18.8 Å². The van der Waals surface area contributed by atoms with Crippen molar-refractivity contribution in [2.24, 2.45) is 7.05 Å². The highest BCUT2D eigenvalue weighted by molar-refractivity contribution is 5.98. The molecule has 39 heavy (non-hydrogen) atoms. The van der Waals surface area contributed by atoms with E-state index < -0.39 is 5.82 Å². The lowest BCUT2D eigenvalue weighted by Gasteiger charge is -2.40. The number of nitrogens with zero attached hydrogens (tertiary/aromatic N) is 6. The number of nitrogens with one attached hydrogen (secondary N) is 1. The van der Waals surface area contributed by atoms with Gasteiger partial charge in [-0.3, -0.25) is 14.4 Å². The van der Waals surface area contributed by atoms with Crippen LogP contribution in [0.3, 0.4) is 0 Å². The molecule has 0 bridgehead atoms. The second-order valence-electron chi connectivity index (χ2n) is 10.4. The summed E-state index contributed by atoms with van der Waals surface area (Å²) in [7, 11) is 3.95. The summed E-state index contributed by atoms with van der Waals surface area (Å²) in [6, 6.07) is 6.05. The number of aromatic amines is 1. The predicted molar refractivity (Wildman–Crippen MR) is 148 cm³/mol. The van der Waals surface area contributed by atoms with Crippen molar-refractivity contribution < 1.29 is 13.9 Å². The number of hydrogen-bond acceptors (Lipinski definition) is 7.